The van der Waals surface area contributed by atoms with Crippen LogP contribution < -0.4 is 9.47 Å². The average molecular weight is 443 g/mol. The summed E-state index contributed by atoms with van der Waals surface area (Å²) in [5.41, 5.74) is -0.246. The van der Waals surface area contributed by atoms with Gasteiger partial charge in [-0.05, 0) is 31.2 Å². The summed E-state index contributed by atoms with van der Waals surface area (Å²) in [7, 11) is 1.29. The van der Waals surface area contributed by atoms with Crippen LogP contribution in [0.1, 0.15) is 18.9 Å². The maximum atomic E-state index is 12.7. The number of allylic oxidation sites excluding steroid dienone is 2. The number of hydrazone groups is 1. The van der Waals surface area contributed by atoms with Gasteiger partial charge in [-0.2, -0.15) is 10.1 Å². The minimum atomic E-state index is -0.694. The van der Waals surface area contributed by atoms with Gasteiger partial charge in [0.2, 0.25) is 5.75 Å². The number of hydrogen-bond donors (Lipinski definition) is 0. The summed E-state index contributed by atoms with van der Waals surface area (Å²) in [6, 6.07) is 2.55. The summed E-state index contributed by atoms with van der Waals surface area (Å²) < 4.78 is 15.2. The van der Waals surface area contributed by atoms with E-state index in [1.165, 1.54) is 19.4 Å². The van der Waals surface area contributed by atoms with E-state index in [1.54, 1.807) is 6.92 Å². The van der Waals surface area contributed by atoms with Crippen molar-refractivity contribution in [1.29, 1.82) is 0 Å². The molecule has 4 rings (SSSR count). The topological polar surface area (TPSA) is 138 Å². The van der Waals surface area contributed by atoms with Crippen molar-refractivity contribution < 1.29 is 33.5 Å². The Hall–Kier alpha value is -3.76. The number of benzene rings is 1. The molecule has 2 aliphatic carbocycles. The molecule has 2 bridgehead atoms. The standard InChI is InChI=1S/C21H21N3O8/c1-3-31-16(25)10-32-19-14(24(28)29)6-11(7-15(19)30-2)9-22-23-20(26)17-12-4-5-13(8-12)18(17)21(23)27/h4-7,9,12-13,17-18H,3,8,10H2,1-2H3. The summed E-state index contributed by atoms with van der Waals surface area (Å²) in [5, 5.41) is 16.5. The quantitative estimate of drug-likeness (QED) is 0.148. The molecular formula is C21H21N3O8. The molecule has 4 unspecified atom stereocenters. The fraction of sp³-hybridized carbons (Fsp3) is 0.429. The number of nitro groups is 1. The fourth-order valence-electron chi connectivity index (χ4n) is 4.57. The van der Waals surface area contributed by atoms with Crippen LogP contribution >= 0.6 is 0 Å². The number of ether oxygens (including phenoxy) is 3. The van der Waals surface area contributed by atoms with Gasteiger partial charge in [-0.25, -0.2) is 4.79 Å². The van der Waals surface area contributed by atoms with E-state index in [0.29, 0.717) is 0 Å². The predicted molar refractivity (Wildman–Crippen MR) is 109 cm³/mol. The smallest absolute Gasteiger partial charge is 0.344 e. The molecule has 0 spiro atoms. The van der Waals surface area contributed by atoms with Crippen molar-refractivity contribution in [2.24, 2.45) is 28.8 Å². The molecule has 3 aliphatic rings. The highest BCUT2D eigenvalue weighted by Gasteiger charge is 2.59. The van der Waals surface area contributed by atoms with Crippen molar-refractivity contribution in [3.63, 3.8) is 0 Å². The molecule has 1 heterocycles. The van der Waals surface area contributed by atoms with Gasteiger partial charge in [0.25, 0.3) is 11.8 Å². The van der Waals surface area contributed by atoms with Gasteiger partial charge in [-0.3, -0.25) is 19.7 Å². The van der Waals surface area contributed by atoms with E-state index in [9.17, 15) is 24.5 Å². The number of amides is 2. The van der Waals surface area contributed by atoms with E-state index in [0.717, 1.165) is 17.5 Å². The Morgan fingerprint density at radius 3 is 2.47 bits per heavy atom. The van der Waals surface area contributed by atoms with Gasteiger partial charge >= 0.3 is 11.7 Å². The van der Waals surface area contributed by atoms with Crippen molar-refractivity contribution in [3.8, 4) is 11.5 Å². The van der Waals surface area contributed by atoms with Gasteiger partial charge in [0.05, 0.1) is 36.7 Å². The van der Waals surface area contributed by atoms with E-state index in [-0.39, 0.29) is 47.3 Å². The second kappa shape index (κ2) is 8.40. The van der Waals surface area contributed by atoms with E-state index >= 15 is 0 Å². The number of carbonyl (C=O) groups excluding carboxylic acids is 3. The molecule has 0 aromatic heterocycles. The minimum absolute atomic E-state index is 0.0110. The molecule has 32 heavy (non-hydrogen) atoms. The van der Waals surface area contributed by atoms with Crippen LogP contribution in [0.4, 0.5) is 5.69 Å². The molecule has 1 aliphatic heterocycles. The molecule has 1 aromatic rings. The first-order valence-corrected chi connectivity index (χ1v) is 10.1. The Kier molecular flexibility index (Phi) is 5.64. The van der Waals surface area contributed by atoms with Crippen LogP contribution in [0.5, 0.6) is 11.5 Å². The van der Waals surface area contributed by atoms with E-state index in [1.807, 2.05) is 12.2 Å². The number of carbonyl (C=O) groups is 3. The number of nitrogens with zero attached hydrogens (tertiary/aromatic N) is 3. The van der Waals surface area contributed by atoms with Crippen LogP contribution in [0.25, 0.3) is 0 Å². The third-order valence-electron chi connectivity index (χ3n) is 5.88. The average Bonchev–Trinajstić information content (AvgIpc) is 3.45. The van der Waals surface area contributed by atoms with Crippen molar-refractivity contribution >= 4 is 29.7 Å². The second-order valence-corrected chi connectivity index (χ2v) is 7.65. The molecule has 2 amide bonds. The molecule has 2 fully saturated rings. The van der Waals surface area contributed by atoms with Gasteiger partial charge in [-0.15, -0.1) is 0 Å². The number of rotatable bonds is 8. The molecule has 1 aromatic carbocycles. The highest BCUT2D eigenvalue weighted by molar-refractivity contribution is 6.06. The van der Waals surface area contributed by atoms with Crippen LogP contribution in [0.3, 0.4) is 0 Å². The lowest BCUT2D eigenvalue weighted by Gasteiger charge is -2.13. The summed E-state index contributed by atoms with van der Waals surface area (Å²) in [4.78, 5) is 47.9. The largest absolute Gasteiger partial charge is 0.493 e. The molecule has 0 N–H and O–H groups in total. The zero-order valence-corrected chi connectivity index (χ0v) is 17.4. The second-order valence-electron chi connectivity index (χ2n) is 7.65. The Morgan fingerprint density at radius 1 is 1.25 bits per heavy atom. The van der Waals surface area contributed by atoms with Gasteiger partial charge in [-0.1, -0.05) is 12.2 Å². The lowest BCUT2D eigenvalue weighted by Crippen LogP contribution is -2.28. The molecule has 11 heteroatoms. The lowest BCUT2D eigenvalue weighted by molar-refractivity contribution is -0.385. The highest BCUT2D eigenvalue weighted by atomic mass is 16.6. The van der Waals surface area contributed by atoms with Gasteiger partial charge in [0, 0.05) is 11.6 Å². The summed E-state index contributed by atoms with van der Waals surface area (Å²) >= 11 is 0. The number of esters is 1. The van der Waals surface area contributed by atoms with Gasteiger partial charge < -0.3 is 14.2 Å². The van der Waals surface area contributed by atoms with Crippen molar-refractivity contribution in [1.82, 2.24) is 5.01 Å². The zero-order valence-electron chi connectivity index (χ0n) is 17.4. The third-order valence-corrected chi connectivity index (χ3v) is 5.88. The lowest BCUT2D eigenvalue weighted by atomic mass is 9.85. The predicted octanol–water partition coefficient (Wildman–Crippen LogP) is 1.69. The molecule has 1 saturated heterocycles. The number of nitro benzene ring substituents is 1. The first-order valence-electron chi connectivity index (χ1n) is 10.1. The highest BCUT2D eigenvalue weighted by Crippen LogP contribution is 2.52. The molecular weight excluding hydrogens is 422 g/mol. The van der Waals surface area contributed by atoms with Crippen molar-refractivity contribution in [2.75, 3.05) is 20.3 Å². The number of methoxy groups -OCH3 is 1. The van der Waals surface area contributed by atoms with Crippen LogP contribution in [0.15, 0.2) is 29.4 Å². The minimum Gasteiger partial charge on any atom is -0.493 e. The zero-order chi connectivity index (χ0) is 23.0. The Balaban J connectivity index is 1.58. The number of hydrogen-bond acceptors (Lipinski definition) is 9. The summed E-state index contributed by atoms with van der Waals surface area (Å²) in [6.07, 6.45) is 5.96. The van der Waals surface area contributed by atoms with Crippen LogP contribution in [-0.2, 0) is 19.1 Å². The maximum absolute atomic E-state index is 12.7. The molecule has 1 saturated carbocycles. The van der Waals surface area contributed by atoms with Crippen LogP contribution in [0, 0.1) is 33.8 Å². The van der Waals surface area contributed by atoms with E-state index in [4.69, 9.17) is 14.2 Å². The molecule has 11 nitrogen and oxygen atoms in total. The fourth-order valence-corrected chi connectivity index (χ4v) is 4.57. The van der Waals surface area contributed by atoms with Gasteiger partial charge in [0.15, 0.2) is 12.4 Å². The molecule has 0 radical (unpaired) electrons. The van der Waals surface area contributed by atoms with Crippen LogP contribution in [0.2, 0.25) is 0 Å². The van der Waals surface area contributed by atoms with E-state index in [2.05, 4.69) is 5.10 Å². The number of fused-ring (bicyclic) bond motifs is 5. The Morgan fingerprint density at radius 2 is 1.91 bits per heavy atom. The monoisotopic (exact) mass is 443 g/mol. The molecule has 4 atom stereocenters. The van der Waals surface area contributed by atoms with Crippen molar-refractivity contribution in [3.05, 3.63) is 40.0 Å². The van der Waals surface area contributed by atoms with Crippen LogP contribution in [-0.4, -0.2) is 54.3 Å². The maximum Gasteiger partial charge on any atom is 0.344 e. The first-order chi connectivity index (χ1) is 15.3. The molecule has 168 valence electrons. The van der Waals surface area contributed by atoms with Crippen molar-refractivity contribution in [2.45, 2.75) is 13.3 Å². The normalized spacial score (nSPS) is 25.5. The summed E-state index contributed by atoms with van der Waals surface area (Å²) in [5.74, 6) is -2.33. The summed E-state index contributed by atoms with van der Waals surface area (Å²) in [6.45, 7) is 1.23. The first kappa shape index (κ1) is 21.5. The Bertz CT molecular complexity index is 1020. The number of imide groups is 1. The third kappa shape index (κ3) is 3.59. The Labute approximate surface area is 182 Å². The van der Waals surface area contributed by atoms with Gasteiger partial charge in [0.1, 0.15) is 0 Å². The SMILES string of the molecule is CCOC(=O)COc1c(OC)cc(C=NN2C(=O)C3C4C=CC(C4)C3C2=O)cc1[N+](=O)[O-]. The van der Waals surface area contributed by atoms with E-state index < -0.39 is 35.0 Å².